The lowest BCUT2D eigenvalue weighted by atomic mass is 10.2. The summed E-state index contributed by atoms with van der Waals surface area (Å²) >= 11 is 3.02. The third kappa shape index (κ3) is 3.77. The number of hydrogen-bond donors (Lipinski definition) is 1. The van der Waals surface area contributed by atoms with Gasteiger partial charge in [0.2, 0.25) is 0 Å². The Morgan fingerprint density at radius 2 is 1.96 bits per heavy atom. The van der Waals surface area contributed by atoms with E-state index in [1.807, 2.05) is 32.2 Å². The van der Waals surface area contributed by atoms with E-state index in [0.717, 1.165) is 25.9 Å². The van der Waals surface area contributed by atoms with Gasteiger partial charge < -0.3 is 19.6 Å². The van der Waals surface area contributed by atoms with Crippen LogP contribution in [0.4, 0.5) is 9.93 Å². The zero-order valence-electron chi connectivity index (χ0n) is 16.0. The van der Waals surface area contributed by atoms with Crippen molar-refractivity contribution in [1.82, 2.24) is 14.9 Å². The molecule has 3 heterocycles. The summed E-state index contributed by atoms with van der Waals surface area (Å²) in [5.41, 5.74) is 1.20. The number of aromatic hydroxyl groups is 1. The summed E-state index contributed by atoms with van der Waals surface area (Å²) in [6.07, 6.45) is 1.49. The fourth-order valence-corrected chi connectivity index (χ4v) is 4.77. The van der Waals surface area contributed by atoms with E-state index in [9.17, 15) is 9.90 Å². The molecular weight excluding hydrogens is 396 g/mol. The quantitative estimate of drug-likeness (QED) is 0.673. The first-order chi connectivity index (χ1) is 13.3. The summed E-state index contributed by atoms with van der Waals surface area (Å²) in [5, 5.41) is 14.0. The Kier molecular flexibility index (Phi) is 4.88. The average molecular weight is 419 g/mol. The molecule has 3 aromatic rings. The number of carbonyl (C=O) groups excluding carboxylic acids is 1. The number of nitrogens with zero attached hydrogens (tertiary/aromatic N) is 4. The molecule has 0 unspecified atom stereocenters. The summed E-state index contributed by atoms with van der Waals surface area (Å²) < 4.78 is 6.22. The Hall–Kier alpha value is -2.39. The smallest absolute Gasteiger partial charge is 0.410 e. The molecule has 2 aromatic heterocycles. The number of benzene rings is 1. The summed E-state index contributed by atoms with van der Waals surface area (Å²) in [6, 6.07) is 3.56. The number of amides is 1. The average Bonchev–Trinajstić information content (AvgIpc) is 3.31. The number of hydrogen-bond acceptors (Lipinski definition) is 8. The van der Waals surface area contributed by atoms with Gasteiger partial charge in [-0.15, -0.1) is 11.3 Å². The summed E-state index contributed by atoms with van der Waals surface area (Å²) in [4.78, 5) is 25.3. The van der Waals surface area contributed by atoms with Crippen molar-refractivity contribution in [1.29, 1.82) is 0 Å². The number of ether oxygens (including phenoxy) is 1. The van der Waals surface area contributed by atoms with Crippen LogP contribution < -0.4 is 4.90 Å². The second kappa shape index (κ2) is 7.21. The number of phenols is 1. The van der Waals surface area contributed by atoms with Crippen LogP contribution in [0.2, 0.25) is 0 Å². The Balaban J connectivity index is 1.54. The molecule has 1 amide bonds. The third-order valence-electron chi connectivity index (χ3n) is 4.38. The van der Waals surface area contributed by atoms with Crippen molar-refractivity contribution in [3.8, 4) is 16.3 Å². The fraction of sp³-hybridized carbons (Fsp3) is 0.421. The van der Waals surface area contributed by atoms with E-state index >= 15 is 0 Å². The van der Waals surface area contributed by atoms with Crippen molar-refractivity contribution in [2.45, 2.75) is 26.4 Å². The van der Waals surface area contributed by atoms with Crippen LogP contribution in [-0.4, -0.2) is 57.8 Å². The van der Waals surface area contributed by atoms with Crippen LogP contribution in [0, 0.1) is 0 Å². The molecule has 0 spiro atoms. The van der Waals surface area contributed by atoms with Gasteiger partial charge >= 0.3 is 6.09 Å². The molecule has 1 fully saturated rings. The number of carbonyl (C=O) groups is 1. The van der Waals surface area contributed by atoms with Crippen molar-refractivity contribution in [2.24, 2.45) is 0 Å². The SMILES string of the molecule is CC(C)(C)OC(=O)N1CCN(c2nc3c(-c4nccs4)ccc(O)c3s2)CC1. The van der Waals surface area contributed by atoms with Crippen molar-refractivity contribution in [3.63, 3.8) is 0 Å². The normalized spacial score (nSPS) is 15.2. The minimum absolute atomic E-state index is 0.228. The molecular formula is C19H22N4O3S2. The molecule has 1 saturated heterocycles. The monoisotopic (exact) mass is 418 g/mol. The molecule has 1 N–H and O–H groups in total. The molecule has 0 aliphatic carbocycles. The maximum atomic E-state index is 12.3. The van der Waals surface area contributed by atoms with Crippen LogP contribution in [0.25, 0.3) is 20.8 Å². The lowest BCUT2D eigenvalue weighted by Crippen LogP contribution is -2.50. The Morgan fingerprint density at radius 1 is 1.21 bits per heavy atom. The van der Waals surface area contributed by atoms with Gasteiger partial charge in [-0.05, 0) is 32.9 Å². The predicted octanol–water partition coefficient (Wildman–Crippen LogP) is 4.18. The van der Waals surface area contributed by atoms with Crippen molar-refractivity contribution < 1.29 is 14.6 Å². The third-order valence-corrected chi connectivity index (χ3v) is 6.32. The number of fused-ring (bicyclic) bond motifs is 1. The largest absolute Gasteiger partial charge is 0.506 e. The van der Waals surface area contributed by atoms with Crippen LogP contribution in [0.15, 0.2) is 23.7 Å². The molecule has 0 radical (unpaired) electrons. The number of thiazole rings is 2. The standard InChI is InChI=1S/C19H22N4O3S2/c1-19(2,3)26-18(25)23-9-7-22(8-10-23)17-21-14-12(16-20-6-11-27-16)4-5-13(24)15(14)28-17/h4-6,11,24H,7-10H2,1-3H3. The lowest BCUT2D eigenvalue weighted by Gasteiger charge is -2.35. The first kappa shape index (κ1) is 18.9. The van der Waals surface area contributed by atoms with Gasteiger partial charge in [0.25, 0.3) is 0 Å². The number of phenolic OH excluding ortho intramolecular Hbond substituents is 1. The zero-order valence-corrected chi connectivity index (χ0v) is 17.6. The number of anilines is 1. The minimum atomic E-state index is -0.495. The first-order valence-electron chi connectivity index (χ1n) is 9.07. The molecule has 1 aliphatic heterocycles. The van der Waals surface area contributed by atoms with Crippen LogP contribution in [0.3, 0.4) is 0 Å². The van der Waals surface area contributed by atoms with Gasteiger partial charge in [0.05, 0.1) is 10.2 Å². The highest BCUT2D eigenvalue weighted by Crippen LogP contribution is 2.40. The van der Waals surface area contributed by atoms with Gasteiger partial charge in [-0.1, -0.05) is 11.3 Å². The Bertz CT molecular complexity index is 987. The zero-order chi connectivity index (χ0) is 19.9. The van der Waals surface area contributed by atoms with Crippen LogP contribution in [-0.2, 0) is 4.74 Å². The molecule has 0 bridgehead atoms. The first-order valence-corrected chi connectivity index (χ1v) is 10.8. The van der Waals surface area contributed by atoms with E-state index < -0.39 is 5.60 Å². The molecule has 28 heavy (non-hydrogen) atoms. The highest BCUT2D eigenvalue weighted by molar-refractivity contribution is 7.22. The summed E-state index contributed by atoms with van der Waals surface area (Å²) in [6.45, 7) is 8.11. The van der Waals surface area contributed by atoms with E-state index in [0.29, 0.717) is 26.2 Å². The van der Waals surface area contributed by atoms with E-state index in [1.165, 1.54) is 11.3 Å². The van der Waals surface area contributed by atoms with Gasteiger partial charge in [-0.2, -0.15) is 0 Å². The van der Waals surface area contributed by atoms with Crippen LogP contribution in [0.5, 0.6) is 5.75 Å². The highest BCUT2D eigenvalue weighted by atomic mass is 32.1. The maximum Gasteiger partial charge on any atom is 0.410 e. The molecule has 0 atom stereocenters. The second-order valence-corrected chi connectivity index (χ2v) is 9.47. The number of piperazine rings is 1. The number of aromatic nitrogens is 2. The highest BCUT2D eigenvalue weighted by Gasteiger charge is 2.27. The fourth-order valence-electron chi connectivity index (χ4n) is 3.05. The van der Waals surface area contributed by atoms with E-state index in [4.69, 9.17) is 9.72 Å². The summed E-state index contributed by atoms with van der Waals surface area (Å²) in [5.74, 6) is 0.228. The van der Waals surface area contributed by atoms with Crippen LogP contribution >= 0.6 is 22.7 Å². The Morgan fingerprint density at radius 3 is 2.61 bits per heavy atom. The van der Waals surface area contributed by atoms with Crippen LogP contribution in [0.1, 0.15) is 20.8 Å². The predicted molar refractivity (Wildman–Crippen MR) is 112 cm³/mol. The van der Waals surface area contributed by atoms with Gasteiger partial charge in [0.1, 0.15) is 16.4 Å². The molecule has 1 aromatic carbocycles. The Labute approximate surface area is 171 Å². The minimum Gasteiger partial charge on any atom is -0.506 e. The van der Waals surface area contributed by atoms with E-state index in [2.05, 4.69) is 9.88 Å². The molecule has 1 aliphatic rings. The lowest BCUT2D eigenvalue weighted by molar-refractivity contribution is 0.0240. The van der Waals surface area contributed by atoms with Crippen molar-refractivity contribution in [3.05, 3.63) is 23.7 Å². The number of rotatable bonds is 2. The molecule has 9 heteroatoms. The van der Waals surface area contributed by atoms with E-state index in [1.54, 1.807) is 28.5 Å². The van der Waals surface area contributed by atoms with Gasteiger partial charge in [-0.3, -0.25) is 0 Å². The van der Waals surface area contributed by atoms with Gasteiger partial charge in [0.15, 0.2) is 5.13 Å². The molecule has 4 rings (SSSR count). The molecule has 148 valence electrons. The van der Waals surface area contributed by atoms with Gasteiger partial charge in [-0.25, -0.2) is 14.8 Å². The van der Waals surface area contributed by atoms with Crippen molar-refractivity contribution >= 4 is 44.1 Å². The van der Waals surface area contributed by atoms with Crippen molar-refractivity contribution in [2.75, 3.05) is 31.1 Å². The molecule has 0 saturated carbocycles. The topological polar surface area (TPSA) is 78.8 Å². The summed E-state index contributed by atoms with van der Waals surface area (Å²) in [7, 11) is 0. The molecule has 7 nitrogen and oxygen atoms in total. The van der Waals surface area contributed by atoms with Gasteiger partial charge in [0, 0.05) is 43.3 Å². The van der Waals surface area contributed by atoms with E-state index in [-0.39, 0.29) is 11.8 Å². The second-order valence-electron chi connectivity index (χ2n) is 7.60. The maximum absolute atomic E-state index is 12.3.